The van der Waals surface area contributed by atoms with Crippen molar-refractivity contribution in [3.63, 3.8) is 0 Å². The zero-order chi connectivity index (χ0) is 14.7. The molecule has 2 aromatic carbocycles. The van der Waals surface area contributed by atoms with E-state index in [0.29, 0.717) is 0 Å². The van der Waals surface area contributed by atoms with E-state index < -0.39 is 0 Å². The van der Waals surface area contributed by atoms with Gasteiger partial charge in [0.15, 0.2) is 0 Å². The molecule has 0 heterocycles. The minimum atomic E-state index is -0.191. The number of nitrogens with one attached hydrogen (secondary N) is 1. The molecule has 0 aromatic heterocycles. The summed E-state index contributed by atoms with van der Waals surface area (Å²) in [5.41, 5.74) is 3.24. The van der Waals surface area contributed by atoms with Gasteiger partial charge in [-0.1, -0.05) is 28.9 Å². The van der Waals surface area contributed by atoms with Crippen LogP contribution in [0.2, 0.25) is 0 Å². The summed E-state index contributed by atoms with van der Waals surface area (Å²) in [4.78, 5) is 0. The average molecular weight is 448 g/mol. The van der Waals surface area contributed by atoms with Gasteiger partial charge in [0.05, 0.1) is 6.04 Å². The Labute approximate surface area is 141 Å². The third-order valence-electron chi connectivity index (χ3n) is 3.22. The van der Waals surface area contributed by atoms with Gasteiger partial charge in [-0.2, -0.15) is 0 Å². The van der Waals surface area contributed by atoms with Crippen LogP contribution in [0.1, 0.15) is 29.7 Å². The molecule has 106 valence electrons. The van der Waals surface area contributed by atoms with Crippen molar-refractivity contribution >= 4 is 38.5 Å². The number of rotatable bonds is 4. The van der Waals surface area contributed by atoms with Crippen LogP contribution in [-0.2, 0) is 0 Å². The monoisotopic (exact) mass is 447 g/mol. The number of halogens is 3. The molecule has 1 nitrogen and oxygen atoms in total. The van der Waals surface area contributed by atoms with Crippen LogP contribution >= 0.6 is 38.5 Å². The standard InChI is InChI=1S/C16H16BrFIN/c1-3-20-16(13-6-4-11(18)8-10(13)2)14-9-12(19)5-7-15(14)17/h4-9,16,20H,3H2,1-2H3. The van der Waals surface area contributed by atoms with Gasteiger partial charge in [0.1, 0.15) is 5.82 Å². The third kappa shape index (κ3) is 3.59. The Morgan fingerprint density at radius 1 is 1.20 bits per heavy atom. The van der Waals surface area contributed by atoms with Gasteiger partial charge in [0.25, 0.3) is 0 Å². The Morgan fingerprint density at radius 3 is 2.60 bits per heavy atom. The van der Waals surface area contributed by atoms with Crippen molar-refractivity contribution in [3.05, 3.63) is 66.9 Å². The Balaban J connectivity index is 2.53. The van der Waals surface area contributed by atoms with Gasteiger partial charge in [-0.25, -0.2) is 4.39 Å². The summed E-state index contributed by atoms with van der Waals surface area (Å²) < 4.78 is 15.6. The number of benzene rings is 2. The van der Waals surface area contributed by atoms with Crippen molar-refractivity contribution in [3.8, 4) is 0 Å². The summed E-state index contributed by atoms with van der Waals surface area (Å²) in [6.07, 6.45) is 0. The van der Waals surface area contributed by atoms with Crippen LogP contribution in [0.4, 0.5) is 4.39 Å². The molecule has 1 unspecified atom stereocenters. The van der Waals surface area contributed by atoms with Crippen molar-refractivity contribution in [1.29, 1.82) is 0 Å². The van der Waals surface area contributed by atoms with E-state index in [-0.39, 0.29) is 11.9 Å². The van der Waals surface area contributed by atoms with Gasteiger partial charge in [-0.3, -0.25) is 0 Å². The van der Waals surface area contributed by atoms with Crippen LogP contribution in [0.3, 0.4) is 0 Å². The van der Waals surface area contributed by atoms with Crippen molar-refractivity contribution < 1.29 is 4.39 Å². The maximum atomic E-state index is 13.3. The third-order valence-corrected chi connectivity index (χ3v) is 4.61. The maximum Gasteiger partial charge on any atom is 0.123 e. The Kier molecular flexibility index (Phi) is 5.57. The lowest BCUT2D eigenvalue weighted by Crippen LogP contribution is -2.23. The van der Waals surface area contributed by atoms with Crippen molar-refractivity contribution in [2.45, 2.75) is 19.9 Å². The molecule has 1 N–H and O–H groups in total. The molecule has 0 bridgehead atoms. The highest BCUT2D eigenvalue weighted by molar-refractivity contribution is 14.1. The zero-order valence-corrected chi connectivity index (χ0v) is 15.1. The van der Waals surface area contributed by atoms with Crippen molar-refractivity contribution in [2.24, 2.45) is 0 Å². The lowest BCUT2D eigenvalue weighted by molar-refractivity contribution is 0.609. The predicted molar refractivity (Wildman–Crippen MR) is 93.5 cm³/mol. The fourth-order valence-corrected chi connectivity index (χ4v) is 3.28. The van der Waals surface area contributed by atoms with Gasteiger partial charge in [0.2, 0.25) is 0 Å². The molecule has 0 saturated carbocycles. The number of hydrogen-bond acceptors (Lipinski definition) is 1. The second kappa shape index (κ2) is 7.00. The van der Waals surface area contributed by atoms with Crippen LogP contribution in [0, 0.1) is 16.3 Å². The first-order valence-corrected chi connectivity index (χ1v) is 8.34. The quantitative estimate of drug-likeness (QED) is 0.635. The van der Waals surface area contributed by atoms with Gasteiger partial charge in [-0.15, -0.1) is 0 Å². The normalized spacial score (nSPS) is 12.4. The van der Waals surface area contributed by atoms with Crippen LogP contribution in [0.5, 0.6) is 0 Å². The fourth-order valence-electron chi connectivity index (χ4n) is 2.29. The smallest absolute Gasteiger partial charge is 0.123 e. The lowest BCUT2D eigenvalue weighted by atomic mass is 9.95. The molecule has 20 heavy (non-hydrogen) atoms. The molecule has 2 rings (SSSR count). The van der Waals surface area contributed by atoms with Gasteiger partial charge in [-0.05, 0) is 83.1 Å². The maximum absolute atomic E-state index is 13.3. The highest BCUT2D eigenvalue weighted by atomic mass is 127. The molecular weight excluding hydrogens is 432 g/mol. The fraction of sp³-hybridized carbons (Fsp3) is 0.250. The molecule has 0 saturated heterocycles. The summed E-state index contributed by atoms with van der Waals surface area (Å²) in [6.45, 7) is 4.87. The molecule has 0 amide bonds. The second-order valence-electron chi connectivity index (χ2n) is 4.66. The van der Waals surface area contributed by atoms with E-state index >= 15 is 0 Å². The lowest BCUT2D eigenvalue weighted by Gasteiger charge is -2.22. The predicted octanol–water partition coefficient (Wildman–Crippen LogP) is 5.20. The first-order chi connectivity index (χ1) is 9.52. The molecule has 0 radical (unpaired) electrons. The van der Waals surface area contributed by atoms with E-state index in [9.17, 15) is 4.39 Å². The van der Waals surface area contributed by atoms with E-state index in [1.54, 1.807) is 6.07 Å². The van der Waals surface area contributed by atoms with E-state index in [1.165, 1.54) is 15.2 Å². The van der Waals surface area contributed by atoms with Crippen molar-refractivity contribution in [1.82, 2.24) is 5.32 Å². The summed E-state index contributed by atoms with van der Waals surface area (Å²) in [6, 6.07) is 11.3. The Morgan fingerprint density at radius 2 is 1.95 bits per heavy atom. The van der Waals surface area contributed by atoms with Gasteiger partial charge < -0.3 is 5.32 Å². The summed E-state index contributed by atoms with van der Waals surface area (Å²) in [5.74, 6) is -0.191. The van der Waals surface area contributed by atoms with E-state index in [2.05, 4.69) is 69.0 Å². The van der Waals surface area contributed by atoms with Crippen LogP contribution in [-0.4, -0.2) is 6.54 Å². The molecule has 0 aliphatic heterocycles. The largest absolute Gasteiger partial charge is 0.306 e. The minimum absolute atomic E-state index is 0.0599. The van der Waals surface area contributed by atoms with E-state index in [4.69, 9.17) is 0 Å². The molecule has 0 aliphatic rings. The highest BCUT2D eigenvalue weighted by Gasteiger charge is 2.18. The minimum Gasteiger partial charge on any atom is -0.306 e. The molecule has 0 fully saturated rings. The summed E-state index contributed by atoms with van der Waals surface area (Å²) >= 11 is 5.93. The number of hydrogen-bond donors (Lipinski definition) is 1. The molecule has 4 heteroatoms. The van der Waals surface area contributed by atoms with E-state index in [0.717, 1.165) is 22.1 Å². The van der Waals surface area contributed by atoms with Gasteiger partial charge >= 0.3 is 0 Å². The van der Waals surface area contributed by atoms with Crippen LogP contribution in [0.25, 0.3) is 0 Å². The zero-order valence-electron chi connectivity index (χ0n) is 11.4. The molecule has 0 spiro atoms. The van der Waals surface area contributed by atoms with Crippen molar-refractivity contribution in [2.75, 3.05) is 6.54 Å². The summed E-state index contributed by atoms with van der Waals surface area (Å²) in [7, 11) is 0. The molecule has 2 aromatic rings. The highest BCUT2D eigenvalue weighted by Crippen LogP contribution is 2.31. The average Bonchev–Trinajstić information content (AvgIpc) is 2.40. The first kappa shape index (κ1) is 15.9. The second-order valence-corrected chi connectivity index (χ2v) is 6.76. The summed E-state index contributed by atoms with van der Waals surface area (Å²) in [5, 5.41) is 3.49. The first-order valence-electron chi connectivity index (χ1n) is 6.47. The van der Waals surface area contributed by atoms with E-state index in [1.807, 2.05) is 13.0 Å². The number of aryl methyl sites for hydroxylation is 1. The SMILES string of the molecule is CCNC(c1ccc(F)cc1C)c1cc(I)ccc1Br. The van der Waals surface area contributed by atoms with Gasteiger partial charge in [0, 0.05) is 8.04 Å². The Bertz CT molecular complexity index is 615. The Hall–Kier alpha value is -0.460. The van der Waals surface area contributed by atoms with Crippen LogP contribution in [0.15, 0.2) is 40.9 Å². The van der Waals surface area contributed by atoms with Crippen LogP contribution < -0.4 is 5.32 Å². The molecule has 1 atom stereocenters. The molecule has 0 aliphatic carbocycles. The topological polar surface area (TPSA) is 12.0 Å². The molecular formula is C16H16BrFIN.